The molecule has 5 heteroatoms. The van der Waals surface area contributed by atoms with Crippen LogP contribution in [0.25, 0.3) is 0 Å². The summed E-state index contributed by atoms with van der Waals surface area (Å²) in [6, 6.07) is 0.545. The first-order valence-electron chi connectivity index (χ1n) is 6.51. The Bertz CT molecular complexity index is 339. The van der Waals surface area contributed by atoms with Gasteiger partial charge in [0.05, 0.1) is 6.54 Å². The Balaban J connectivity index is 1.88. The van der Waals surface area contributed by atoms with Crippen LogP contribution in [0.3, 0.4) is 0 Å². The molecule has 0 aliphatic heterocycles. The molecule has 0 spiro atoms. The molecule has 17 heavy (non-hydrogen) atoms. The molecule has 0 aromatic carbocycles. The maximum Gasteiger partial charge on any atom is 0.140 e. The van der Waals surface area contributed by atoms with Crippen molar-refractivity contribution in [2.45, 2.75) is 51.7 Å². The number of hydrogen-bond acceptors (Lipinski definition) is 3. The maximum atomic E-state index is 6.02. The zero-order valence-corrected chi connectivity index (χ0v) is 11.2. The van der Waals surface area contributed by atoms with Crippen LogP contribution >= 0.6 is 11.6 Å². The van der Waals surface area contributed by atoms with Gasteiger partial charge in [0.1, 0.15) is 12.2 Å². The fourth-order valence-electron chi connectivity index (χ4n) is 2.57. The van der Waals surface area contributed by atoms with Gasteiger partial charge < -0.3 is 5.32 Å². The van der Waals surface area contributed by atoms with E-state index in [-0.39, 0.29) is 0 Å². The molecule has 2 atom stereocenters. The number of nitrogens with one attached hydrogen (secondary N) is 1. The van der Waals surface area contributed by atoms with Crippen LogP contribution in [-0.2, 0) is 13.1 Å². The van der Waals surface area contributed by atoms with Gasteiger partial charge >= 0.3 is 0 Å². The molecule has 1 aliphatic rings. The molecule has 4 nitrogen and oxygen atoms in total. The van der Waals surface area contributed by atoms with Crippen molar-refractivity contribution in [3.05, 3.63) is 12.2 Å². The van der Waals surface area contributed by atoms with Gasteiger partial charge in [-0.15, -0.1) is 11.6 Å². The maximum absolute atomic E-state index is 6.02. The minimum atomic E-state index is 0.545. The molecule has 2 unspecified atom stereocenters. The minimum Gasteiger partial charge on any atom is -0.307 e. The van der Waals surface area contributed by atoms with Gasteiger partial charge in [0.15, 0.2) is 0 Å². The Labute approximate surface area is 108 Å². The van der Waals surface area contributed by atoms with Gasteiger partial charge in [0.2, 0.25) is 0 Å². The van der Waals surface area contributed by atoms with Crippen LogP contribution in [0.4, 0.5) is 0 Å². The van der Waals surface area contributed by atoms with E-state index in [1.165, 1.54) is 25.7 Å². The molecule has 0 bridgehead atoms. The van der Waals surface area contributed by atoms with Crippen molar-refractivity contribution in [2.75, 3.05) is 5.88 Å². The number of nitrogens with zero attached hydrogens (tertiary/aromatic N) is 3. The van der Waals surface area contributed by atoms with Gasteiger partial charge in [0.25, 0.3) is 0 Å². The minimum absolute atomic E-state index is 0.545. The lowest BCUT2D eigenvalue weighted by Crippen LogP contribution is -2.39. The highest BCUT2D eigenvalue weighted by atomic mass is 35.5. The average molecular weight is 257 g/mol. The van der Waals surface area contributed by atoms with E-state index in [0.717, 1.165) is 24.8 Å². The first kappa shape index (κ1) is 12.8. The second kappa shape index (κ2) is 6.36. The summed E-state index contributed by atoms with van der Waals surface area (Å²) >= 11 is 6.02. The molecule has 0 radical (unpaired) electrons. The highest BCUT2D eigenvalue weighted by Crippen LogP contribution is 2.25. The van der Waals surface area contributed by atoms with Gasteiger partial charge in [-0.1, -0.05) is 12.8 Å². The number of alkyl halides is 1. The summed E-state index contributed by atoms with van der Waals surface area (Å²) in [5.41, 5.74) is 0. The van der Waals surface area contributed by atoms with Crippen LogP contribution in [0.1, 0.15) is 38.4 Å². The van der Waals surface area contributed by atoms with E-state index >= 15 is 0 Å². The summed E-state index contributed by atoms with van der Waals surface area (Å²) in [6.45, 7) is 3.76. The third-order valence-electron chi connectivity index (χ3n) is 3.62. The monoisotopic (exact) mass is 256 g/mol. The predicted octanol–water partition coefficient (Wildman–Crippen LogP) is 2.19. The second-order valence-electron chi connectivity index (χ2n) is 4.68. The standard InChI is InChI=1S/C12H21ClN4/c1-2-17-12(15-9-16-17)8-14-11-6-4-3-5-10(11)7-13/h9-11,14H,2-8H2,1H3. The van der Waals surface area contributed by atoms with Crippen molar-refractivity contribution in [1.82, 2.24) is 20.1 Å². The number of hydrogen-bond donors (Lipinski definition) is 1. The SMILES string of the molecule is CCn1ncnc1CNC1CCCCC1CCl. The highest BCUT2D eigenvalue weighted by molar-refractivity contribution is 6.18. The van der Waals surface area contributed by atoms with E-state index in [0.29, 0.717) is 12.0 Å². The summed E-state index contributed by atoms with van der Waals surface area (Å²) in [6.07, 6.45) is 6.74. The molecule has 2 rings (SSSR count). The lowest BCUT2D eigenvalue weighted by atomic mass is 9.86. The van der Waals surface area contributed by atoms with Crippen molar-refractivity contribution in [2.24, 2.45) is 5.92 Å². The Kier molecular flexibility index (Phi) is 4.80. The molecule has 1 heterocycles. The quantitative estimate of drug-likeness (QED) is 0.822. The third kappa shape index (κ3) is 3.19. The fourth-order valence-corrected chi connectivity index (χ4v) is 2.94. The number of halogens is 1. The van der Waals surface area contributed by atoms with Crippen molar-refractivity contribution < 1.29 is 0 Å². The molecule has 0 saturated heterocycles. The third-order valence-corrected chi connectivity index (χ3v) is 4.02. The molecular formula is C12H21ClN4. The number of rotatable bonds is 5. The van der Waals surface area contributed by atoms with Crippen LogP contribution in [0.5, 0.6) is 0 Å². The van der Waals surface area contributed by atoms with Crippen molar-refractivity contribution in [1.29, 1.82) is 0 Å². The van der Waals surface area contributed by atoms with E-state index in [9.17, 15) is 0 Å². The zero-order chi connectivity index (χ0) is 12.1. The van der Waals surface area contributed by atoms with Gasteiger partial charge in [-0.2, -0.15) is 5.10 Å². The highest BCUT2D eigenvalue weighted by Gasteiger charge is 2.24. The smallest absolute Gasteiger partial charge is 0.140 e. The Morgan fingerprint density at radius 1 is 1.47 bits per heavy atom. The van der Waals surface area contributed by atoms with Gasteiger partial charge in [-0.3, -0.25) is 0 Å². The van der Waals surface area contributed by atoms with Crippen LogP contribution in [-0.4, -0.2) is 26.7 Å². The van der Waals surface area contributed by atoms with E-state index < -0.39 is 0 Å². The van der Waals surface area contributed by atoms with Crippen LogP contribution in [0.15, 0.2) is 6.33 Å². The van der Waals surface area contributed by atoms with Crippen LogP contribution < -0.4 is 5.32 Å². The molecule has 0 amide bonds. The second-order valence-corrected chi connectivity index (χ2v) is 4.99. The van der Waals surface area contributed by atoms with E-state index in [2.05, 4.69) is 22.3 Å². The van der Waals surface area contributed by atoms with E-state index in [4.69, 9.17) is 11.6 Å². The molecular weight excluding hydrogens is 236 g/mol. The summed E-state index contributed by atoms with van der Waals surface area (Å²) in [7, 11) is 0. The molecule has 1 aromatic rings. The lowest BCUT2D eigenvalue weighted by Gasteiger charge is -2.30. The van der Waals surface area contributed by atoms with Gasteiger partial charge in [0, 0.05) is 18.5 Å². The Morgan fingerprint density at radius 3 is 3.06 bits per heavy atom. The van der Waals surface area contributed by atoms with Gasteiger partial charge in [-0.25, -0.2) is 9.67 Å². The summed E-state index contributed by atoms with van der Waals surface area (Å²) in [5.74, 6) is 2.40. The van der Waals surface area contributed by atoms with Crippen molar-refractivity contribution in [3.8, 4) is 0 Å². The number of aromatic nitrogens is 3. The molecule has 1 saturated carbocycles. The molecule has 96 valence electrons. The normalized spacial score (nSPS) is 25.1. The topological polar surface area (TPSA) is 42.7 Å². The lowest BCUT2D eigenvalue weighted by molar-refractivity contribution is 0.279. The molecule has 1 fully saturated rings. The first-order chi connectivity index (χ1) is 8.35. The first-order valence-corrected chi connectivity index (χ1v) is 7.04. The Morgan fingerprint density at radius 2 is 2.29 bits per heavy atom. The van der Waals surface area contributed by atoms with E-state index in [1.807, 2.05) is 4.68 Å². The largest absolute Gasteiger partial charge is 0.307 e. The molecule has 1 aromatic heterocycles. The zero-order valence-electron chi connectivity index (χ0n) is 10.4. The van der Waals surface area contributed by atoms with Crippen molar-refractivity contribution >= 4 is 11.6 Å². The van der Waals surface area contributed by atoms with Crippen LogP contribution in [0.2, 0.25) is 0 Å². The molecule has 1 aliphatic carbocycles. The summed E-state index contributed by atoms with van der Waals surface area (Å²) in [4.78, 5) is 4.28. The summed E-state index contributed by atoms with van der Waals surface area (Å²) in [5, 5.41) is 7.77. The van der Waals surface area contributed by atoms with E-state index in [1.54, 1.807) is 6.33 Å². The van der Waals surface area contributed by atoms with Gasteiger partial charge in [-0.05, 0) is 25.7 Å². The number of aryl methyl sites for hydroxylation is 1. The Hall–Kier alpha value is -0.610. The fraction of sp³-hybridized carbons (Fsp3) is 0.833. The molecule has 1 N–H and O–H groups in total. The van der Waals surface area contributed by atoms with Crippen LogP contribution in [0, 0.1) is 5.92 Å². The predicted molar refractivity (Wildman–Crippen MR) is 69.0 cm³/mol. The van der Waals surface area contributed by atoms with Crippen molar-refractivity contribution in [3.63, 3.8) is 0 Å². The average Bonchev–Trinajstić information content (AvgIpc) is 2.84. The summed E-state index contributed by atoms with van der Waals surface area (Å²) < 4.78 is 1.94.